The summed E-state index contributed by atoms with van der Waals surface area (Å²) in [5.74, 6) is -2.72. The minimum absolute atomic E-state index is 0.00778. The molecule has 4 atom stereocenters. The molecule has 224 valence electrons. The molecule has 1 heterocycles. The largest absolute Gasteiger partial charge is 0.464 e. The molecule has 4 N–H and O–H groups in total. The van der Waals surface area contributed by atoms with Crippen LogP contribution in [0.5, 0.6) is 0 Å². The molecule has 12 nitrogen and oxygen atoms in total. The molecule has 1 aliphatic carbocycles. The molecule has 1 aliphatic heterocycles. The van der Waals surface area contributed by atoms with Crippen LogP contribution in [0.15, 0.2) is 12.7 Å². The molecule has 0 spiro atoms. The number of Topliss-reactive ketones (excluding diaryl/α,β-unsaturated/α-hetero) is 1. The highest BCUT2D eigenvalue weighted by Crippen LogP contribution is 2.29. The lowest BCUT2D eigenvalue weighted by atomic mass is 9.85. The van der Waals surface area contributed by atoms with Gasteiger partial charge in [-0.1, -0.05) is 47.1 Å². The number of nitrogens with zero attached hydrogens (tertiary/aromatic N) is 1. The normalized spacial score (nSPS) is 20.1. The quantitative estimate of drug-likeness (QED) is 0.139. The summed E-state index contributed by atoms with van der Waals surface area (Å²) < 4.78 is 5.11. The molecule has 0 aromatic heterocycles. The molecule has 0 radical (unpaired) electrons. The van der Waals surface area contributed by atoms with Crippen molar-refractivity contribution in [2.24, 2.45) is 17.3 Å². The molecule has 2 fully saturated rings. The van der Waals surface area contributed by atoms with Crippen LogP contribution in [-0.2, 0) is 28.7 Å². The van der Waals surface area contributed by atoms with E-state index in [4.69, 9.17) is 4.74 Å². The number of esters is 1. The van der Waals surface area contributed by atoms with E-state index >= 15 is 0 Å². The van der Waals surface area contributed by atoms with Gasteiger partial charge in [0.05, 0.1) is 12.6 Å². The van der Waals surface area contributed by atoms with Gasteiger partial charge in [-0.25, -0.2) is 4.79 Å². The van der Waals surface area contributed by atoms with Gasteiger partial charge in [0.2, 0.25) is 17.6 Å². The number of rotatable bonds is 14. The molecule has 2 aliphatic rings. The summed E-state index contributed by atoms with van der Waals surface area (Å²) >= 11 is 0. The van der Waals surface area contributed by atoms with Crippen LogP contribution in [0, 0.1) is 17.3 Å². The van der Waals surface area contributed by atoms with Crippen LogP contribution < -0.4 is 21.3 Å². The van der Waals surface area contributed by atoms with Gasteiger partial charge in [0, 0.05) is 13.1 Å². The van der Waals surface area contributed by atoms with Crippen molar-refractivity contribution in [3.63, 3.8) is 0 Å². The van der Waals surface area contributed by atoms with Gasteiger partial charge in [-0.2, -0.15) is 0 Å². The highest BCUT2D eigenvalue weighted by atomic mass is 16.5. The fraction of sp³-hybridized carbons (Fsp3) is 0.714. The predicted molar refractivity (Wildman–Crippen MR) is 148 cm³/mol. The van der Waals surface area contributed by atoms with Gasteiger partial charge in [0.25, 0.3) is 5.91 Å². The molecule has 12 heteroatoms. The van der Waals surface area contributed by atoms with Gasteiger partial charge in [0.15, 0.2) is 0 Å². The molecule has 2 rings (SSSR count). The van der Waals surface area contributed by atoms with E-state index in [1.165, 1.54) is 11.0 Å². The maximum absolute atomic E-state index is 13.8. The summed E-state index contributed by atoms with van der Waals surface area (Å²) in [5.41, 5.74) is -0.724. The van der Waals surface area contributed by atoms with E-state index in [1.54, 1.807) is 20.8 Å². The summed E-state index contributed by atoms with van der Waals surface area (Å²) in [6.45, 7) is 13.0. The van der Waals surface area contributed by atoms with Crippen LogP contribution in [-0.4, -0.2) is 84.8 Å². The van der Waals surface area contributed by atoms with Crippen LogP contribution in [0.3, 0.4) is 0 Å². The summed E-state index contributed by atoms with van der Waals surface area (Å²) in [6.07, 6.45) is 4.69. The Morgan fingerprint density at radius 1 is 1.07 bits per heavy atom. The molecule has 40 heavy (non-hydrogen) atoms. The first-order chi connectivity index (χ1) is 18.8. The van der Waals surface area contributed by atoms with E-state index in [0.29, 0.717) is 25.4 Å². The molecule has 0 aromatic rings. The van der Waals surface area contributed by atoms with E-state index in [0.717, 1.165) is 12.8 Å². The van der Waals surface area contributed by atoms with Crippen molar-refractivity contribution in [1.82, 2.24) is 26.2 Å². The Morgan fingerprint density at radius 2 is 1.75 bits per heavy atom. The molecular weight excluding hydrogens is 518 g/mol. The van der Waals surface area contributed by atoms with Crippen molar-refractivity contribution in [1.29, 1.82) is 0 Å². The van der Waals surface area contributed by atoms with E-state index in [2.05, 4.69) is 27.8 Å². The van der Waals surface area contributed by atoms with Crippen molar-refractivity contribution < 1.29 is 33.5 Å². The zero-order valence-electron chi connectivity index (χ0n) is 24.3. The molecule has 3 unspecified atom stereocenters. The van der Waals surface area contributed by atoms with E-state index in [-0.39, 0.29) is 32.0 Å². The van der Waals surface area contributed by atoms with Crippen molar-refractivity contribution in [3.05, 3.63) is 12.7 Å². The van der Waals surface area contributed by atoms with Gasteiger partial charge in [0.1, 0.15) is 18.6 Å². The second kappa shape index (κ2) is 14.8. The Morgan fingerprint density at radius 3 is 2.33 bits per heavy atom. The van der Waals surface area contributed by atoms with E-state index in [9.17, 15) is 28.8 Å². The van der Waals surface area contributed by atoms with Crippen LogP contribution in [0.2, 0.25) is 0 Å². The third kappa shape index (κ3) is 9.95. The van der Waals surface area contributed by atoms with Gasteiger partial charge in [-0.15, -0.1) is 6.58 Å². The van der Waals surface area contributed by atoms with Crippen LogP contribution in [0.4, 0.5) is 4.79 Å². The molecule has 5 amide bonds. The van der Waals surface area contributed by atoms with Gasteiger partial charge >= 0.3 is 12.0 Å². The number of urea groups is 1. The lowest BCUT2D eigenvalue weighted by Crippen LogP contribution is -2.60. The predicted octanol–water partition coefficient (Wildman–Crippen LogP) is 1.05. The first kappa shape index (κ1) is 32.8. The Bertz CT molecular complexity index is 973. The number of ketones is 1. The highest BCUT2D eigenvalue weighted by molar-refractivity contribution is 6.38. The number of nitrogens with one attached hydrogen (secondary N) is 4. The fourth-order valence-electron chi connectivity index (χ4n) is 4.47. The number of hydrogen-bond acceptors (Lipinski definition) is 7. The third-order valence-corrected chi connectivity index (χ3v) is 6.90. The summed E-state index contributed by atoms with van der Waals surface area (Å²) in [4.78, 5) is 78.0. The number of likely N-dealkylation sites (tertiary alicyclic amines) is 1. The first-order valence-electron chi connectivity index (χ1n) is 14.0. The van der Waals surface area contributed by atoms with Gasteiger partial charge in [-0.05, 0) is 42.9 Å². The number of carbonyl (C=O) groups is 6. The zero-order chi connectivity index (χ0) is 30.0. The summed E-state index contributed by atoms with van der Waals surface area (Å²) in [7, 11) is 0. The number of carbonyl (C=O) groups excluding carboxylic acids is 6. The maximum atomic E-state index is 13.8. The van der Waals surface area contributed by atoms with Crippen molar-refractivity contribution in [2.75, 3.05) is 26.2 Å². The van der Waals surface area contributed by atoms with E-state index < -0.39 is 59.0 Å². The van der Waals surface area contributed by atoms with Crippen molar-refractivity contribution >= 4 is 35.5 Å². The topological polar surface area (TPSA) is 163 Å². The number of amides is 5. The fourth-order valence-corrected chi connectivity index (χ4v) is 4.47. The lowest BCUT2D eigenvalue weighted by molar-refractivity contribution is -0.143. The smallest absolute Gasteiger partial charge is 0.325 e. The maximum Gasteiger partial charge on any atom is 0.325 e. The van der Waals surface area contributed by atoms with E-state index in [1.807, 2.05) is 13.8 Å². The Hall–Kier alpha value is -3.44. The molecule has 1 saturated carbocycles. The molecule has 0 bridgehead atoms. The summed E-state index contributed by atoms with van der Waals surface area (Å²) in [6, 6.07) is -3.62. The minimum Gasteiger partial charge on any atom is -0.464 e. The second-order valence-electron chi connectivity index (χ2n) is 11.8. The standard InChI is InChI=1S/C28H45N5O7/c1-7-9-19(22(35)25(37)29-12-8-2)31-24(36)20-13-17(3)15-33(20)26(38)23(28(4,5)6)32-27(39)30-14-21(34)40-16-18-10-11-18/h8,17-20,23H,2,7,9-16H2,1,3-6H3,(H,29,37)(H,31,36)(H2,30,32,39)/t17?,19?,20-,23?/m0/s1. The molecular formula is C28H45N5O7. The van der Waals surface area contributed by atoms with Crippen LogP contribution >= 0.6 is 0 Å². The second-order valence-corrected chi connectivity index (χ2v) is 11.8. The van der Waals surface area contributed by atoms with Crippen LogP contribution in [0.25, 0.3) is 0 Å². The molecule has 1 saturated heterocycles. The number of ether oxygens (including phenoxy) is 1. The van der Waals surface area contributed by atoms with Crippen molar-refractivity contribution in [3.8, 4) is 0 Å². The summed E-state index contributed by atoms with van der Waals surface area (Å²) in [5, 5.41) is 10.2. The monoisotopic (exact) mass is 563 g/mol. The van der Waals surface area contributed by atoms with Gasteiger partial charge < -0.3 is 30.9 Å². The lowest BCUT2D eigenvalue weighted by Gasteiger charge is -2.35. The SMILES string of the molecule is C=CCNC(=O)C(=O)C(CCC)NC(=O)[C@@H]1CC(C)CN1C(=O)C(NC(=O)NCC(=O)OCC1CC1)C(C)(C)C. The average molecular weight is 564 g/mol. The Labute approximate surface area is 236 Å². The highest BCUT2D eigenvalue weighted by Gasteiger charge is 2.44. The molecule has 0 aromatic carbocycles. The average Bonchev–Trinajstić information content (AvgIpc) is 3.64. The van der Waals surface area contributed by atoms with Gasteiger partial charge in [-0.3, -0.25) is 24.0 Å². The first-order valence-corrected chi connectivity index (χ1v) is 14.0. The third-order valence-electron chi connectivity index (χ3n) is 6.90. The Kier molecular flexibility index (Phi) is 12.1. The van der Waals surface area contributed by atoms with Crippen LogP contribution in [0.1, 0.15) is 66.7 Å². The number of hydrogen-bond donors (Lipinski definition) is 4. The van der Waals surface area contributed by atoms with Crippen molar-refractivity contribution in [2.45, 2.75) is 84.8 Å². The Balaban J connectivity index is 2.08. The zero-order valence-corrected chi connectivity index (χ0v) is 24.3. The minimum atomic E-state index is -1.03.